The molecule has 14 heteroatoms. The summed E-state index contributed by atoms with van der Waals surface area (Å²) in [6.07, 6.45) is 9.58. The van der Waals surface area contributed by atoms with E-state index in [1.165, 1.54) is 17.4 Å². The molecular weight excluding hydrogens is 660 g/mol. The predicted molar refractivity (Wildman–Crippen MR) is 193 cm³/mol. The van der Waals surface area contributed by atoms with Crippen LogP contribution in [0.2, 0.25) is 0 Å². The summed E-state index contributed by atoms with van der Waals surface area (Å²) in [6, 6.07) is -4.01. The molecule has 0 radical (unpaired) electrons. The molecule has 0 aromatic rings. The monoisotopic (exact) mass is 722 g/mol. The van der Waals surface area contributed by atoms with Crippen molar-refractivity contribution in [1.82, 2.24) is 30.5 Å². The first-order chi connectivity index (χ1) is 23.2. The molecule has 3 fully saturated rings. The summed E-state index contributed by atoms with van der Waals surface area (Å²) in [5.74, 6) is -2.25. The van der Waals surface area contributed by atoms with E-state index >= 15 is 0 Å². The number of likely N-dealkylation sites (tertiary alicyclic amines) is 1. The van der Waals surface area contributed by atoms with Gasteiger partial charge in [0.25, 0.3) is 5.91 Å². The van der Waals surface area contributed by atoms with E-state index in [0.717, 1.165) is 38.4 Å². The first kappa shape index (κ1) is 41.4. The highest BCUT2D eigenvalue weighted by Crippen LogP contribution is 2.41. The average molecular weight is 723 g/mol. The second-order valence-electron chi connectivity index (χ2n) is 16.5. The van der Waals surface area contributed by atoms with E-state index in [-0.39, 0.29) is 36.8 Å². The number of nitrogens with one attached hydrogen (secondary N) is 4. The van der Waals surface area contributed by atoms with Gasteiger partial charge in [0.05, 0.1) is 12.3 Å². The highest BCUT2D eigenvalue weighted by molar-refractivity contribution is 7.88. The lowest BCUT2D eigenvalue weighted by Gasteiger charge is -2.43. The molecule has 3 rings (SSSR count). The minimum Gasteiger partial charge on any atom is -0.346 e. The highest BCUT2D eigenvalue weighted by Gasteiger charge is 2.50. The van der Waals surface area contributed by atoms with Gasteiger partial charge in [0, 0.05) is 32.7 Å². The molecule has 50 heavy (non-hydrogen) atoms. The molecule has 2 aliphatic carbocycles. The van der Waals surface area contributed by atoms with Gasteiger partial charge in [-0.25, -0.2) is 17.5 Å². The third-order valence-electron chi connectivity index (χ3n) is 11.0. The Kier molecular flexibility index (Phi) is 14.1. The van der Waals surface area contributed by atoms with Crippen LogP contribution in [0.5, 0.6) is 0 Å². The van der Waals surface area contributed by atoms with Gasteiger partial charge in [-0.1, -0.05) is 79.7 Å². The predicted octanol–water partition coefficient (Wildman–Crippen LogP) is 2.96. The van der Waals surface area contributed by atoms with Crippen LogP contribution in [0.3, 0.4) is 0 Å². The maximum atomic E-state index is 14.8. The summed E-state index contributed by atoms with van der Waals surface area (Å²) in [5.41, 5.74) is -1.09. The number of hydrogen-bond donors (Lipinski definition) is 4. The van der Waals surface area contributed by atoms with E-state index in [1.807, 2.05) is 41.5 Å². The second-order valence-corrected chi connectivity index (χ2v) is 18.6. The zero-order chi connectivity index (χ0) is 37.6. The lowest BCUT2D eigenvalue weighted by molar-refractivity contribution is -0.145. The van der Waals surface area contributed by atoms with Crippen molar-refractivity contribution in [2.75, 3.05) is 32.9 Å². The Balaban J connectivity index is 1.91. The number of likely N-dealkylation sites (N-methyl/N-ethyl adjacent to an activating group) is 1. The van der Waals surface area contributed by atoms with Crippen LogP contribution in [0, 0.1) is 28.6 Å². The molecule has 4 N–H and O–H groups in total. The summed E-state index contributed by atoms with van der Waals surface area (Å²) < 4.78 is 25.6. The maximum Gasteiger partial charge on any atom is 0.315 e. The first-order valence-corrected chi connectivity index (χ1v) is 20.1. The summed E-state index contributed by atoms with van der Waals surface area (Å²) in [7, 11) is -2.04. The van der Waals surface area contributed by atoms with E-state index in [2.05, 4.69) is 27.8 Å². The number of hydrogen-bond acceptors (Lipinski definition) is 7. The highest BCUT2D eigenvalue weighted by atomic mass is 32.2. The minimum atomic E-state index is -3.51. The Labute approximate surface area is 299 Å². The number of sulfonamides is 1. The molecule has 0 bridgehead atoms. The normalized spacial score (nSPS) is 22.7. The number of urea groups is 1. The molecule has 0 spiro atoms. The summed E-state index contributed by atoms with van der Waals surface area (Å²) >= 11 is 0. The van der Waals surface area contributed by atoms with Crippen LogP contribution in [-0.2, 0) is 29.2 Å². The Hall–Kier alpha value is -3.00. The van der Waals surface area contributed by atoms with Crippen molar-refractivity contribution >= 4 is 39.6 Å². The fraction of sp³-hybridized carbons (Fsp3) is 0.806. The summed E-state index contributed by atoms with van der Waals surface area (Å²) in [6.45, 7) is 15.8. The number of amides is 5. The molecule has 5 amide bonds. The summed E-state index contributed by atoms with van der Waals surface area (Å²) in [4.78, 5) is 70.2. The van der Waals surface area contributed by atoms with Gasteiger partial charge in [0.2, 0.25) is 27.6 Å². The Morgan fingerprint density at radius 2 is 1.62 bits per heavy atom. The van der Waals surface area contributed by atoms with Crippen LogP contribution in [0.25, 0.3) is 0 Å². The van der Waals surface area contributed by atoms with Crippen LogP contribution < -0.4 is 21.3 Å². The third-order valence-corrected chi connectivity index (χ3v) is 12.2. The number of Topliss-reactive ketones (excluding diaryl/α,β-unsaturated/α-hetero) is 1. The molecule has 1 saturated heterocycles. The van der Waals surface area contributed by atoms with E-state index in [4.69, 9.17) is 0 Å². The van der Waals surface area contributed by atoms with Gasteiger partial charge in [-0.05, 0) is 54.3 Å². The molecule has 0 aromatic heterocycles. The van der Waals surface area contributed by atoms with E-state index in [1.54, 1.807) is 4.90 Å². The van der Waals surface area contributed by atoms with Gasteiger partial charge in [-0.2, -0.15) is 0 Å². The lowest BCUT2D eigenvalue weighted by atomic mass is 9.70. The zero-order valence-electron chi connectivity index (χ0n) is 31.5. The molecule has 5 atom stereocenters. The standard InChI is InChI=1S/C36H62N6O7S/c1-10-19-37-32(45)29(43)26(21-24-14-15-24)38-31(44)28-25(23(2)3)16-20-42(28)33(46)30(36(7)17-12-11-13-18-36)40-34(47)39-27(35(4,5)6)22-41(8)50(9,48)49/h10,23-28,30H,1,11-22H2,2-9H3,(H,37,45)(H,38,44)(H2,39,40,47)/t25-,26?,27-,28+,30-/m1/s1. The number of nitrogens with zero attached hydrogens (tertiary/aromatic N) is 2. The van der Waals surface area contributed by atoms with Crippen molar-refractivity contribution in [3.05, 3.63) is 12.7 Å². The van der Waals surface area contributed by atoms with Crippen LogP contribution in [0.4, 0.5) is 4.79 Å². The van der Waals surface area contributed by atoms with Gasteiger partial charge < -0.3 is 26.2 Å². The first-order valence-electron chi connectivity index (χ1n) is 18.2. The van der Waals surface area contributed by atoms with Crippen LogP contribution in [-0.4, -0.2) is 104 Å². The molecule has 2 saturated carbocycles. The topological polar surface area (TPSA) is 174 Å². The molecule has 3 aliphatic rings. The SMILES string of the molecule is C=CCNC(=O)C(=O)C(CC1CC1)NC(=O)[C@@H]1[C@@H](C(C)C)CCN1C(=O)[C@@H](NC(=O)N[C@H](CN(C)S(C)(=O)=O)C(C)(C)C)C1(C)CCCCC1. The molecular formula is C36H62N6O7S. The Bertz CT molecular complexity index is 1370. The third kappa shape index (κ3) is 11.0. The molecule has 13 nitrogen and oxygen atoms in total. The minimum absolute atomic E-state index is 0.0383. The average Bonchev–Trinajstić information content (AvgIpc) is 3.73. The quantitative estimate of drug-likeness (QED) is 0.140. The Morgan fingerprint density at radius 3 is 2.14 bits per heavy atom. The van der Waals surface area contributed by atoms with Crippen molar-refractivity contribution < 1.29 is 32.4 Å². The van der Waals surface area contributed by atoms with E-state index in [0.29, 0.717) is 32.2 Å². The smallest absolute Gasteiger partial charge is 0.315 e. The van der Waals surface area contributed by atoms with Gasteiger partial charge in [0.15, 0.2) is 0 Å². The maximum absolute atomic E-state index is 14.8. The molecule has 1 unspecified atom stereocenters. The zero-order valence-corrected chi connectivity index (χ0v) is 32.3. The number of ketones is 1. The van der Waals surface area contributed by atoms with Crippen LogP contribution in [0.1, 0.15) is 99.3 Å². The van der Waals surface area contributed by atoms with E-state index < -0.39 is 68.6 Å². The van der Waals surface area contributed by atoms with Crippen molar-refractivity contribution in [3.63, 3.8) is 0 Å². The van der Waals surface area contributed by atoms with Crippen LogP contribution in [0.15, 0.2) is 12.7 Å². The number of carbonyl (C=O) groups excluding carboxylic acids is 5. The van der Waals surface area contributed by atoms with E-state index in [9.17, 15) is 32.4 Å². The molecule has 0 aromatic carbocycles. The largest absolute Gasteiger partial charge is 0.346 e. The number of carbonyl (C=O) groups is 5. The molecule has 284 valence electrons. The van der Waals surface area contributed by atoms with Gasteiger partial charge >= 0.3 is 6.03 Å². The molecule has 1 aliphatic heterocycles. The Morgan fingerprint density at radius 1 is 1.00 bits per heavy atom. The fourth-order valence-corrected chi connectivity index (χ4v) is 7.71. The van der Waals surface area contributed by atoms with Gasteiger partial charge in [-0.15, -0.1) is 6.58 Å². The van der Waals surface area contributed by atoms with Gasteiger partial charge in [0.1, 0.15) is 12.1 Å². The van der Waals surface area contributed by atoms with Crippen molar-refractivity contribution in [1.29, 1.82) is 0 Å². The molecule has 1 heterocycles. The van der Waals surface area contributed by atoms with Gasteiger partial charge in [-0.3, -0.25) is 19.2 Å². The fourth-order valence-electron chi connectivity index (χ4n) is 7.29. The summed E-state index contributed by atoms with van der Waals surface area (Å²) in [5, 5.41) is 11.3. The van der Waals surface area contributed by atoms with Crippen molar-refractivity contribution in [2.24, 2.45) is 28.6 Å². The second kappa shape index (κ2) is 17.0. The van der Waals surface area contributed by atoms with Crippen molar-refractivity contribution in [2.45, 2.75) is 123 Å². The van der Waals surface area contributed by atoms with Crippen LogP contribution >= 0.6 is 0 Å². The number of rotatable bonds is 16. The lowest BCUT2D eigenvalue weighted by Crippen LogP contribution is -2.63. The van der Waals surface area contributed by atoms with Crippen molar-refractivity contribution in [3.8, 4) is 0 Å².